The van der Waals surface area contributed by atoms with Crippen molar-refractivity contribution < 1.29 is 17.9 Å². The quantitative estimate of drug-likeness (QED) is 0.264. The summed E-state index contributed by atoms with van der Waals surface area (Å²) in [4.78, 5) is 4.21. The highest BCUT2D eigenvalue weighted by Crippen LogP contribution is 2.31. The monoisotopic (exact) mass is 483 g/mol. The van der Waals surface area contributed by atoms with E-state index >= 15 is 0 Å². The van der Waals surface area contributed by atoms with Crippen LogP contribution in [-0.4, -0.2) is 59.8 Å². The first-order chi connectivity index (χ1) is 11.5. The van der Waals surface area contributed by atoms with Gasteiger partial charge in [0.15, 0.2) is 5.96 Å². The molecule has 1 aromatic carbocycles. The number of aliphatic imine (C=N–C) groups is 1. The van der Waals surface area contributed by atoms with Gasteiger partial charge in [-0.3, -0.25) is 4.99 Å². The van der Waals surface area contributed by atoms with E-state index in [1.807, 2.05) is 24.3 Å². The molecule has 0 aromatic heterocycles. The number of para-hydroxylation sites is 1. The second-order valence-corrected chi connectivity index (χ2v) is 7.87. The number of halogens is 1. The Kier molecular flexibility index (Phi) is 9.51. The van der Waals surface area contributed by atoms with E-state index in [1.165, 1.54) is 6.26 Å². The van der Waals surface area contributed by atoms with Crippen molar-refractivity contribution in [1.29, 1.82) is 0 Å². The Bertz CT molecular complexity index is 667. The van der Waals surface area contributed by atoms with Gasteiger partial charge in [-0.25, -0.2) is 8.42 Å². The zero-order valence-corrected chi connectivity index (χ0v) is 17.7. The molecule has 0 saturated carbocycles. The molecule has 25 heavy (non-hydrogen) atoms. The van der Waals surface area contributed by atoms with Crippen LogP contribution in [0.25, 0.3) is 0 Å². The fraction of sp³-hybridized carbons (Fsp3) is 0.562. The highest BCUT2D eigenvalue weighted by Gasteiger charge is 2.21. The molecule has 0 bridgehead atoms. The normalized spacial score (nSPS) is 17.0. The molecule has 1 heterocycles. The van der Waals surface area contributed by atoms with Crippen LogP contribution in [0.15, 0.2) is 29.3 Å². The molecule has 0 spiro atoms. The van der Waals surface area contributed by atoms with Gasteiger partial charge in [0.1, 0.15) is 15.6 Å². The van der Waals surface area contributed by atoms with Crippen molar-refractivity contribution in [3.63, 3.8) is 0 Å². The number of ether oxygens (including phenoxy) is 2. The minimum Gasteiger partial charge on any atom is -0.493 e. The van der Waals surface area contributed by atoms with Crippen molar-refractivity contribution in [2.75, 3.05) is 45.4 Å². The minimum absolute atomic E-state index is 0. The zero-order valence-electron chi connectivity index (χ0n) is 14.5. The third kappa shape index (κ3) is 7.78. The topological polar surface area (TPSA) is 89.0 Å². The average molecular weight is 483 g/mol. The Morgan fingerprint density at radius 1 is 1.36 bits per heavy atom. The van der Waals surface area contributed by atoms with Crippen molar-refractivity contribution in [3.05, 3.63) is 29.8 Å². The SMILES string of the molecule is CN=C(NCCOCCS(C)(=O)=O)NC1CCOc2ccccc21.I. The molecule has 2 N–H and O–H groups in total. The lowest BCUT2D eigenvalue weighted by Gasteiger charge is -2.28. The van der Waals surface area contributed by atoms with Crippen LogP contribution in [0, 0.1) is 0 Å². The Morgan fingerprint density at radius 3 is 2.84 bits per heavy atom. The van der Waals surface area contributed by atoms with E-state index in [-0.39, 0.29) is 42.4 Å². The summed E-state index contributed by atoms with van der Waals surface area (Å²) in [7, 11) is -1.26. The zero-order chi connectivity index (χ0) is 17.4. The summed E-state index contributed by atoms with van der Waals surface area (Å²) in [6, 6.07) is 8.12. The van der Waals surface area contributed by atoms with E-state index in [9.17, 15) is 8.42 Å². The van der Waals surface area contributed by atoms with Gasteiger partial charge in [0.05, 0.1) is 31.6 Å². The maximum Gasteiger partial charge on any atom is 0.191 e. The predicted molar refractivity (Wildman–Crippen MR) is 110 cm³/mol. The third-order valence-electron chi connectivity index (χ3n) is 3.63. The summed E-state index contributed by atoms with van der Waals surface area (Å²) < 4.78 is 33.0. The first-order valence-corrected chi connectivity index (χ1v) is 10.00. The molecule has 0 aliphatic carbocycles. The van der Waals surface area contributed by atoms with E-state index < -0.39 is 9.84 Å². The number of rotatable bonds is 7. The van der Waals surface area contributed by atoms with E-state index in [2.05, 4.69) is 15.6 Å². The molecule has 0 radical (unpaired) electrons. The van der Waals surface area contributed by atoms with Crippen LogP contribution < -0.4 is 15.4 Å². The second-order valence-electron chi connectivity index (χ2n) is 5.61. The number of nitrogens with zero attached hydrogens (tertiary/aromatic N) is 1. The van der Waals surface area contributed by atoms with Crippen LogP contribution in [0.5, 0.6) is 5.75 Å². The third-order valence-corrected chi connectivity index (χ3v) is 4.54. The van der Waals surface area contributed by atoms with Gasteiger partial charge >= 0.3 is 0 Å². The van der Waals surface area contributed by atoms with Crippen LogP contribution in [0.4, 0.5) is 0 Å². The molecule has 1 unspecified atom stereocenters. The number of sulfone groups is 1. The van der Waals surface area contributed by atoms with Gasteiger partial charge in [0, 0.05) is 31.8 Å². The number of hydrogen-bond acceptors (Lipinski definition) is 5. The van der Waals surface area contributed by atoms with Crippen molar-refractivity contribution >= 4 is 39.8 Å². The second kappa shape index (κ2) is 10.8. The van der Waals surface area contributed by atoms with Crippen LogP contribution in [0.3, 0.4) is 0 Å². The van der Waals surface area contributed by atoms with Crippen LogP contribution >= 0.6 is 24.0 Å². The van der Waals surface area contributed by atoms with Gasteiger partial charge in [-0.05, 0) is 6.07 Å². The Hall–Kier alpha value is -1.07. The minimum atomic E-state index is -2.97. The smallest absolute Gasteiger partial charge is 0.191 e. The summed E-state index contributed by atoms with van der Waals surface area (Å²) >= 11 is 0. The number of guanidine groups is 1. The first kappa shape index (κ1) is 22.0. The molecule has 9 heteroatoms. The highest BCUT2D eigenvalue weighted by atomic mass is 127. The predicted octanol–water partition coefficient (Wildman–Crippen LogP) is 1.35. The Labute approximate surface area is 166 Å². The van der Waals surface area contributed by atoms with Crippen molar-refractivity contribution in [2.45, 2.75) is 12.5 Å². The molecule has 1 aliphatic rings. The van der Waals surface area contributed by atoms with E-state index in [4.69, 9.17) is 9.47 Å². The lowest BCUT2D eigenvalue weighted by Crippen LogP contribution is -2.42. The molecule has 7 nitrogen and oxygen atoms in total. The fourth-order valence-corrected chi connectivity index (χ4v) is 2.83. The maximum absolute atomic E-state index is 11.0. The highest BCUT2D eigenvalue weighted by molar-refractivity contribution is 14.0. The van der Waals surface area contributed by atoms with E-state index in [1.54, 1.807) is 7.05 Å². The van der Waals surface area contributed by atoms with Crippen molar-refractivity contribution in [3.8, 4) is 5.75 Å². The van der Waals surface area contributed by atoms with Crippen LogP contribution in [-0.2, 0) is 14.6 Å². The molecule has 1 aromatic rings. The number of nitrogens with one attached hydrogen (secondary N) is 2. The summed E-state index contributed by atoms with van der Waals surface area (Å²) in [5, 5.41) is 6.55. The number of hydrogen-bond donors (Lipinski definition) is 2. The average Bonchev–Trinajstić information content (AvgIpc) is 2.56. The van der Waals surface area contributed by atoms with E-state index in [0.717, 1.165) is 17.7 Å². The van der Waals surface area contributed by atoms with Gasteiger partial charge in [0.25, 0.3) is 0 Å². The Morgan fingerprint density at radius 2 is 2.12 bits per heavy atom. The van der Waals surface area contributed by atoms with Crippen LogP contribution in [0.1, 0.15) is 18.0 Å². The molecule has 0 amide bonds. The van der Waals surface area contributed by atoms with Gasteiger partial charge in [-0.15, -0.1) is 24.0 Å². The van der Waals surface area contributed by atoms with Gasteiger partial charge in [0.2, 0.25) is 0 Å². The Balaban J connectivity index is 0.00000312. The molecule has 142 valence electrons. The standard InChI is InChI=1S/C16H25N3O4S.HI/c1-17-16(18-8-10-22-11-12-24(2,20)21)19-14-7-9-23-15-6-4-3-5-13(14)15;/h3-6,14H,7-12H2,1-2H3,(H2,17,18,19);1H. The van der Waals surface area contributed by atoms with Gasteiger partial charge < -0.3 is 20.1 Å². The molecular formula is C16H26IN3O4S. The number of benzene rings is 1. The van der Waals surface area contributed by atoms with Gasteiger partial charge in [-0.1, -0.05) is 18.2 Å². The first-order valence-electron chi connectivity index (χ1n) is 7.94. The summed E-state index contributed by atoms with van der Waals surface area (Å²) in [6.45, 7) is 1.84. The molecule has 2 rings (SSSR count). The fourth-order valence-electron chi connectivity index (χ4n) is 2.41. The van der Waals surface area contributed by atoms with Crippen LogP contribution in [0.2, 0.25) is 0 Å². The molecule has 1 aliphatic heterocycles. The molecular weight excluding hydrogens is 457 g/mol. The molecule has 0 fully saturated rings. The lowest BCUT2D eigenvalue weighted by molar-refractivity contribution is 0.154. The molecule has 1 atom stereocenters. The maximum atomic E-state index is 11.0. The van der Waals surface area contributed by atoms with Crippen molar-refractivity contribution in [1.82, 2.24) is 10.6 Å². The summed E-state index contributed by atoms with van der Waals surface area (Å²) in [5.41, 5.74) is 1.12. The molecule has 0 saturated heterocycles. The summed E-state index contributed by atoms with van der Waals surface area (Å²) in [5.74, 6) is 1.63. The largest absolute Gasteiger partial charge is 0.493 e. The van der Waals surface area contributed by atoms with Crippen molar-refractivity contribution in [2.24, 2.45) is 4.99 Å². The summed E-state index contributed by atoms with van der Waals surface area (Å²) in [6.07, 6.45) is 2.06. The number of fused-ring (bicyclic) bond motifs is 1. The van der Waals surface area contributed by atoms with Gasteiger partial charge in [-0.2, -0.15) is 0 Å². The lowest BCUT2D eigenvalue weighted by atomic mass is 10.0. The van der Waals surface area contributed by atoms with E-state index in [0.29, 0.717) is 25.7 Å².